The Morgan fingerprint density at radius 3 is 2.80 bits per heavy atom. The molecule has 0 aliphatic heterocycles. The highest BCUT2D eigenvalue weighted by atomic mass is 35.5. The van der Waals surface area contributed by atoms with Gasteiger partial charge in [0.25, 0.3) is 0 Å². The van der Waals surface area contributed by atoms with Gasteiger partial charge in [-0.05, 0) is 6.07 Å². The summed E-state index contributed by atoms with van der Waals surface area (Å²) in [5, 5.41) is 0.319. The number of carbonyl (C=O) groups excluding carboxylic acids is 1. The van der Waals surface area contributed by atoms with Gasteiger partial charge in [-0.15, -0.1) is 0 Å². The van der Waals surface area contributed by atoms with Crippen molar-refractivity contribution in [1.29, 1.82) is 0 Å². The Morgan fingerprint density at radius 2 is 2.27 bits per heavy atom. The van der Waals surface area contributed by atoms with Crippen molar-refractivity contribution in [3.63, 3.8) is 0 Å². The van der Waals surface area contributed by atoms with Gasteiger partial charge in [-0.1, -0.05) is 11.6 Å². The fraction of sp³-hybridized carbons (Fsp3) is 0.333. The summed E-state index contributed by atoms with van der Waals surface area (Å²) in [6, 6.07) is 0.536. The molecule has 1 atom stereocenters. The number of pyridine rings is 1. The number of rotatable bonds is 3. The van der Waals surface area contributed by atoms with E-state index in [2.05, 4.69) is 9.72 Å². The lowest BCUT2D eigenvalue weighted by molar-refractivity contribution is -0.142. The van der Waals surface area contributed by atoms with Crippen LogP contribution in [0.2, 0.25) is 5.02 Å². The van der Waals surface area contributed by atoms with Crippen LogP contribution in [0.25, 0.3) is 0 Å². The van der Waals surface area contributed by atoms with E-state index in [1.807, 2.05) is 0 Å². The van der Waals surface area contributed by atoms with E-state index in [1.165, 1.54) is 26.5 Å². The van der Waals surface area contributed by atoms with Gasteiger partial charge in [-0.25, -0.2) is 4.98 Å². The van der Waals surface area contributed by atoms with Gasteiger partial charge in [0, 0.05) is 6.20 Å². The smallest absolute Gasteiger partial charge is 0.327 e. The summed E-state index contributed by atoms with van der Waals surface area (Å²) < 4.78 is 9.47. The third-order valence-electron chi connectivity index (χ3n) is 1.86. The van der Waals surface area contributed by atoms with Gasteiger partial charge in [0.05, 0.1) is 24.8 Å². The van der Waals surface area contributed by atoms with Crippen molar-refractivity contribution in [2.24, 2.45) is 5.73 Å². The Kier molecular flexibility index (Phi) is 3.88. The van der Waals surface area contributed by atoms with Crippen LogP contribution >= 0.6 is 11.6 Å². The quantitative estimate of drug-likeness (QED) is 0.782. The highest BCUT2D eigenvalue weighted by molar-refractivity contribution is 6.31. The van der Waals surface area contributed by atoms with Gasteiger partial charge in [0.1, 0.15) is 6.04 Å². The molecule has 6 heteroatoms. The van der Waals surface area contributed by atoms with Gasteiger partial charge in [-0.3, -0.25) is 4.79 Å². The van der Waals surface area contributed by atoms with Crippen molar-refractivity contribution in [1.82, 2.24) is 4.98 Å². The van der Waals surface area contributed by atoms with E-state index in [0.717, 1.165) is 0 Å². The van der Waals surface area contributed by atoms with Crippen molar-refractivity contribution in [3.8, 4) is 5.88 Å². The number of nitrogens with zero attached hydrogens (tertiary/aromatic N) is 1. The predicted molar refractivity (Wildman–Crippen MR) is 54.7 cm³/mol. The molecule has 15 heavy (non-hydrogen) atoms. The standard InChI is InChI=1S/C9H11ClN2O3/c1-14-8-6(5(10)3-4-12-8)7(11)9(13)15-2/h3-4,7H,11H2,1-2H3. The first-order valence-corrected chi connectivity index (χ1v) is 4.51. The molecule has 1 aromatic heterocycles. The average Bonchev–Trinajstić information content (AvgIpc) is 2.26. The summed E-state index contributed by atoms with van der Waals surface area (Å²) in [6.45, 7) is 0. The van der Waals surface area contributed by atoms with Crippen LogP contribution in [0.1, 0.15) is 11.6 Å². The van der Waals surface area contributed by atoms with Gasteiger partial charge in [0.15, 0.2) is 0 Å². The van der Waals surface area contributed by atoms with Crippen molar-refractivity contribution < 1.29 is 14.3 Å². The maximum atomic E-state index is 11.2. The molecule has 0 radical (unpaired) electrons. The lowest BCUT2D eigenvalue weighted by Crippen LogP contribution is -2.23. The predicted octanol–water partition coefficient (Wildman–Crippen LogP) is 0.916. The average molecular weight is 231 g/mol. The van der Waals surface area contributed by atoms with E-state index < -0.39 is 12.0 Å². The van der Waals surface area contributed by atoms with Crippen LogP contribution in [0.3, 0.4) is 0 Å². The molecule has 1 aromatic rings. The van der Waals surface area contributed by atoms with Crippen molar-refractivity contribution >= 4 is 17.6 Å². The zero-order valence-electron chi connectivity index (χ0n) is 8.36. The topological polar surface area (TPSA) is 74.4 Å². The van der Waals surface area contributed by atoms with Gasteiger partial charge >= 0.3 is 5.97 Å². The molecule has 0 fully saturated rings. The molecule has 1 heterocycles. The lowest BCUT2D eigenvalue weighted by atomic mass is 10.1. The fourth-order valence-corrected chi connectivity index (χ4v) is 1.38. The van der Waals surface area contributed by atoms with Gasteiger partial charge < -0.3 is 15.2 Å². The summed E-state index contributed by atoms with van der Waals surface area (Å²) in [6.07, 6.45) is 1.47. The Morgan fingerprint density at radius 1 is 1.60 bits per heavy atom. The Labute approximate surface area is 92.1 Å². The Bertz CT molecular complexity index is 370. The van der Waals surface area contributed by atoms with E-state index in [9.17, 15) is 4.79 Å². The van der Waals surface area contributed by atoms with E-state index in [0.29, 0.717) is 10.6 Å². The monoisotopic (exact) mass is 230 g/mol. The third-order valence-corrected chi connectivity index (χ3v) is 2.19. The molecule has 0 aromatic carbocycles. The number of hydrogen-bond donors (Lipinski definition) is 1. The number of hydrogen-bond acceptors (Lipinski definition) is 5. The van der Waals surface area contributed by atoms with Gasteiger partial charge in [-0.2, -0.15) is 0 Å². The lowest BCUT2D eigenvalue weighted by Gasteiger charge is -2.13. The van der Waals surface area contributed by atoms with Gasteiger partial charge in [0.2, 0.25) is 5.88 Å². The normalized spacial score (nSPS) is 12.0. The first kappa shape index (κ1) is 11.7. The van der Waals surface area contributed by atoms with Crippen LogP contribution in [0.5, 0.6) is 5.88 Å². The third kappa shape index (κ3) is 2.37. The highest BCUT2D eigenvalue weighted by Crippen LogP contribution is 2.29. The van der Waals surface area contributed by atoms with Crippen molar-refractivity contribution in [2.75, 3.05) is 14.2 Å². The van der Waals surface area contributed by atoms with Crippen LogP contribution in [0.4, 0.5) is 0 Å². The summed E-state index contributed by atoms with van der Waals surface area (Å²) in [7, 11) is 2.67. The minimum atomic E-state index is -0.994. The number of halogens is 1. The van der Waals surface area contributed by atoms with Crippen LogP contribution in [0, 0.1) is 0 Å². The second-order valence-electron chi connectivity index (χ2n) is 2.72. The van der Waals surface area contributed by atoms with E-state index in [1.54, 1.807) is 0 Å². The zero-order chi connectivity index (χ0) is 11.4. The number of nitrogens with two attached hydrogens (primary N) is 1. The number of ether oxygens (including phenoxy) is 2. The molecule has 0 saturated carbocycles. The second-order valence-corrected chi connectivity index (χ2v) is 3.12. The first-order chi connectivity index (χ1) is 7.11. The molecule has 5 nitrogen and oxygen atoms in total. The van der Waals surface area contributed by atoms with Crippen LogP contribution in [-0.4, -0.2) is 25.2 Å². The Hall–Kier alpha value is -1.33. The molecular formula is C9H11ClN2O3. The number of methoxy groups -OCH3 is 2. The van der Waals surface area contributed by atoms with Crippen LogP contribution < -0.4 is 10.5 Å². The molecule has 1 unspecified atom stereocenters. The molecule has 0 aliphatic carbocycles. The first-order valence-electron chi connectivity index (χ1n) is 4.13. The van der Waals surface area contributed by atoms with E-state index in [4.69, 9.17) is 22.1 Å². The molecule has 2 N–H and O–H groups in total. The molecule has 0 spiro atoms. The molecule has 0 amide bonds. The van der Waals surface area contributed by atoms with E-state index >= 15 is 0 Å². The molecule has 0 aliphatic rings. The summed E-state index contributed by atoms with van der Waals surface area (Å²) in [5.41, 5.74) is 5.97. The van der Waals surface area contributed by atoms with Crippen LogP contribution in [0.15, 0.2) is 12.3 Å². The SMILES string of the molecule is COC(=O)C(N)c1c(Cl)ccnc1OC. The molecular weight excluding hydrogens is 220 g/mol. The van der Waals surface area contributed by atoms with Crippen molar-refractivity contribution in [2.45, 2.75) is 6.04 Å². The molecule has 82 valence electrons. The summed E-state index contributed by atoms with van der Waals surface area (Å²) >= 11 is 5.90. The minimum absolute atomic E-state index is 0.223. The summed E-state index contributed by atoms with van der Waals surface area (Å²) in [4.78, 5) is 15.1. The van der Waals surface area contributed by atoms with Crippen molar-refractivity contribution in [3.05, 3.63) is 22.8 Å². The maximum Gasteiger partial charge on any atom is 0.327 e. The number of aromatic nitrogens is 1. The fourth-order valence-electron chi connectivity index (χ4n) is 1.12. The summed E-state index contributed by atoms with van der Waals surface area (Å²) in [5.74, 6) is -0.372. The highest BCUT2D eigenvalue weighted by Gasteiger charge is 2.24. The second kappa shape index (κ2) is 4.95. The molecule has 0 saturated heterocycles. The number of carbonyl (C=O) groups is 1. The number of esters is 1. The molecule has 1 rings (SSSR count). The van der Waals surface area contributed by atoms with Crippen LogP contribution in [-0.2, 0) is 9.53 Å². The minimum Gasteiger partial charge on any atom is -0.481 e. The maximum absolute atomic E-state index is 11.2. The van der Waals surface area contributed by atoms with E-state index in [-0.39, 0.29) is 5.88 Å². The Balaban J connectivity index is 3.16. The zero-order valence-corrected chi connectivity index (χ0v) is 9.12. The molecule has 0 bridgehead atoms. The largest absolute Gasteiger partial charge is 0.481 e.